The SMILES string of the molecule is CCc1ccc(-n2c(=S)sc3c(=O)n(-c4ccc(C)cc4)c(SCC(=O)N(CC)c4cccc(C)c4)nc32)cc1. The van der Waals surface area contributed by atoms with Crippen LogP contribution in [0.1, 0.15) is 30.5 Å². The predicted molar refractivity (Wildman–Crippen MR) is 169 cm³/mol. The molecule has 0 aliphatic rings. The van der Waals surface area contributed by atoms with E-state index in [2.05, 4.69) is 19.1 Å². The van der Waals surface area contributed by atoms with Gasteiger partial charge in [0.05, 0.1) is 11.4 Å². The van der Waals surface area contributed by atoms with Crippen LogP contribution in [0.3, 0.4) is 0 Å². The van der Waals surface area contributed by atoms with Crippen molar-refractivity contribution in [1.29, 1.82) is 0 Å². The van der Waals surface area contributed by atoms with Crippen LogP contribution in [0, 0.1) is 17.8 Å². The third kappa shape index (κ3) is 5.54. The van der Waals surface area contributed by atoms with E-state index in [0.29, 0.717) is 31.7 Å². The van der Waals surface area contributed by atoms with Gasteiger partial charge in [-0.05, 0) is 86.9 Å². The fourth-order valence-corrected chi connectivity index (χ4v) is 6.75. The third-order valence-corrected chi connectivity index (χ3v) is 9.00. The molecule has 0 saturated carbocycles. The first-order valence-corrected chi connectivity index (χ1v) is 15.4. The standard InChI is InChI=1S/C31H30N4O2S3/c1-5-22-12-16-23(17-13-22)34-28-27(40-31(34)38)29(37)35(24-14-10-20(3)11-15-24)30(32-28)39-19-26(36)33(6-2)25-9-7-8-21(4)18-25/h7-18H,5-6,19H2,1-4H3. The van der Waals surface area contributed by atoms with Crippen LogP contribution >= 0.6 is 35.3 Å². The van der Waals surface area contributed by atoms with Gasteiger partial charge in [0, 0.05) is 17.9 Å². The Morgan fingerprint density at radius 1 is 0.950 bits per heavy atom. The Labute approximate surface area is 246 Å². The van der Waals surface area contributed by atoms with Crippen LogP contribution in [0.5, 0.6) is 0 Å². The number of rotatable bonds is 8. The number of aryl methyl sites for hydroxylation is 3. The van der Waals surface area contributed by atoms with E-state index in [1.807, 2.05) is 86.0 Å². The smallest absolute Gasteiger partial charge is 0.278 e. The predicted octanol–water partition coefficient (Wildman–Crippen LogP) is 7.29. The first kappa shape index (κ1) is 28.0. The van der Waals surface area contributed by atoms with E-state index in [0.717, 1.165) is 28.9 Å². The monoisotopic (exact) mass is 586 g/mol. The van der Waals surface area contributed by atoms with Crippen molar-refractivity contribution < 1.29 is 4.79 Å². The maximum atomic E-state index is 14.0. The molecular weight excluding hydrogens is 557 g/mol. The summed E-state index contributed by atoms with van der Waals surface area (Å²) >= 11 is 8.25. The number of benzene rings is 3. The van der Waals surface area contributed by atoms with Crippen LogP contribution in [0.4, 0.5) is 5.69 Å². The average Bonchev–Trinajstić information content (AvgIpc) is 3.29. The quantitative estimate of drug-likeness (QED) is 0.109. The second kappa shape index (κ2) is 11.9. The molecule has 0 fully saturated rings. The number of thiazole rings is 1. The van der Waals surface area contributed by atoms with Crippen molar-refractivity contribution in [2.75, 3.05) is 17.2 Å². The minimum atomic E-state index is -0.199. The zero-order valence-electron chi connectivity index (χ0n) is 22.9. The number of carbonyl (C=O) groups is 1. The van der Waals surface area contributed by atoms with Crippen molar-refractivity contribution in [2.24, 2.45) is 0 Å². The second-order valence-corrected chi connectivity index (χ2v) is 12.1. The third-order valence-electron chi connectivity index (χ3n) is 6.73. The summed E-state index contributed by atoms with van der Waals surface area (Å²) in [5.74, 6) is 0.0713. The van der Waals surface area contributed by atoms with E-state index < -0.39 is 0 Å². The topological polar surface area (TPSA) is 60.1 Å². The Kier molecular flexibility index (Phi) is 8.35. The van der Waals surface area contributed by atoms with Crippen molar-refractivity contribution >= 4 is 57.3 Å². The zero-order chi connectivity index (χ0) is 28.4. The van der Waals surface area contributed by atoms with Gasteiger partial charge in [-0.3, -0.25) is 18.7 Å². The highest BCUT2D eigenvalue weighted by atomic mass is 32.2. The number of anilines is 1. The van der Waals surface area contributed by atoms with Gasteiger partial charge in [-0.25, -0.2) is 4.98 Å². The van der Waals surface area contributed by atoms with E-state index in [1.165, 1.54) is 28.7 Å². The molecule has 0 aliphatic carbocycles. The first-order chi connectivity index (χ1) is 19.3. The average molecular weight is 587 g/mol. The molecule has 1 amide bonds. The highest BCUT2D eigenvalue weighted by molar-refractivity contribution is 7.99. The summed E-state index contributed by atoms with van der Waals surface area (Å²) < 4.78 is 4.48. The summed E-state index contributed by atoms with van der Waals surface area (Å²) in [6.45, 7) is 8.62. The zero-order valence-corrected chi connectivity index (χ0v) is 25.3. The fourth-order valence-electron chi connectivity index (χ4n) is 4.57. The lowest BCUT2D eigenvalue weighted by Crippen LogP contribution is -2.32. The van der Waals surface area contributed by atoms with Gasteiger partial charge in [-0.1, -0.05) is 72.0 Å². The van der Waals surface area contributed by atoms with Gasteiger partial charge in [-0.15, -0.1) is 0 Å². The van der Waals surface area contributed by atoms with Crippen molar-refractivity contribution in [3.63, 3.8) is 0 Å². The number of aromatic nitrogens is 3. The molecular formula is C31H30N4O2S3. The molecule has 0 aliphatic heterocycles. The molecule has 204 valence electrons. The summed E-state index contributed by atoms with van der Waals surface area (Å²) in [5.41, 5.74) is 6.11. The van der Waals surface area contributed by atoms with Gasteiger partial charge >= 0.3 is 0 Å². The largest absolute Gasteiger partial charge is 0.312 e. The molecule has 2 heterocycles. The summed E-state index contributed by atoms with van der Waals surface area (Å²) in [6.07, 6.45) is 0.932. The second-order valence-electron chi connectivity index (χ2n) is 9.51. The number of carbonyl (C=O) groups excluding carboxylic acids is 1. The molecule has 6 nitrogen and oxygen atoms in total. The number of nitrogens with zero attached hydrogens (tertiary/aromatic N) is 4. The van der Waals surface area contributed by atoms with Crippen LogP contribution < -0.4 is 10.5 Å². The lowest BCUT2D eigenvalue weighted by molar-refractivity contribution is -0.116. The van der Waals surface area contributed by atoms with Crippen molar-refractivity contribution in [3.8, 4) is 11.4 Å². The summed E-state index contributed by atoms with van der Waals surface area (Å²) in [7, 11) is 0. The number of hydrogen-bond donors (Lipinski definition) is 0. The first-order valence-electron chi connectivity index (χ1n) is 13.2. The highest BCUT2D eigenvalue weighted by Crippen LogP contribution is 2.28. The van der Waals surface area contributed by atoms with Crippen LogP contribution in [0.15, 0.2) is 82.7 Å². The molecule has 0 saturated heterocycles. The lowest BCUT2D eigenvalue weighted by atomic mass is 10.1. The summed E-state index contributed by atoms with van der Waals surface area (Å²) in [5, 5.41) is 0.446. The van der Waals surface area contributed by atoms with Crippen LogP contribution in [0.2, 0.25) is 0 Å². The number of amides is 1. The van der Waals surface area contributed by atoms with Crippen molar-refractivity contribution in [2.45, 2.75) is 39.3 Å². The Morgan fingerprint density at radius 3 is 2.27 bits per heavy atom. The van der Waals surface area contributed by atoms with Gasteiger partial charge in [0.15, 0.2) is 14.8 Å². The molecule has 5 aromatic rings. The molecule has 0 bridgehead atoms. The minimum Gasteiger partial charge on any atom is -0.312 e. The Balaban J connectivity index is 1.61. The fraction of sp³-hybridized carbons (Fsp3) is 0.226. The summed E-state index contributed by atoms with van der Waals surface area (Å²) in [6, 6.07) is 23.8. The van der Waals surface area contributed by atoms with Gasteiger partial charge in [0.25, 0.3) is 5.56 Å². The van der Waals surface area contributed by atoms with E-state index >= 15 is 0 Å². The molecule has 2 aromatic heterocycles. The minimum absolute atomic E-state index is 0.0554. The molecule has 0 N–H and O–H groups in total. The Bertz CT molecular complexity index is 1800. The molecule has 5 rings (SSSR count). The molecule has 9 heteroatoms. The molecule has 0 spiro atoms. The van der Waals surface area contributed by atoms with Crippen molar-refractivity contribution in [1.82, 2.24) is 14.1 Å². The molecule has 0 unspecified atom stereocenters. The van der Waals surface area contributed by atoms with Crippen LogP contribution in [0.25, 0.3) is 21.7 Å². The molecule has 0 atom stereocenters. The van der Waals surface area contributed by atoms with Gasteiger partial charge in [0.1, 0.15) is 4.70 Å². The van der Waals surface area contributed by atoms with E-state index in [9.17, 15) is 9.59 Å². The van der Waals surface area contributed by atoms with Crippen LogP contribution in [-0.4, -0.2) is 32.3 Å². The van der Waals surface area contributed by atoms with E-state index in [1.54, 1.807) is 9.47 Å². The van der Waals surface area contributed by atoms with Crippen molar-refractivity contribution in [3.05, 3.63) is 104 Å². The lowest BCUT2D eigenvalue weighted by Gasteiger charge is -2.21. The molecule has 0 radical (unpaired) electrons. The highest BCUT2D eigenvalue weighted by Gasteiger charge is 2.21. The normalized spacial score (nSPS) is 11.2. The van der Waals surface area contributed by atoms with Gasteiger partial charge in [-0.2, -0.15) is 0 Å². The number of hydrogen-bond acceptors (Lipinski definition) is 6. The van der Waals surface area contributed by atoms with E-state index in [-0.39, 0.29) is 17.2 Å². The molecule has 40 heavy (non-hydrogen) atoms. The Hall–Kier alpha value is -3.53. The van der Waals surface area contributed by atoms with Gasteiger partial charge in [0.2, 0.25) is 5.91 Å². The van der Waals surface area contributed by atoms with Crippen LogP contribution in [-0.2, 0) is 11.2 Å². The summed E-state index contributed by atoms with van der Waals surface area (Å²) in [4.78, 5) is 34.2. The maximum absolute atomic E-state index is 14.0. The number of fused-ring (bicyclic) bond motifs is 1. The Morgan fingerprint density at radius 2 is 1.62 bits per heavy atom. The molecule has 3 aromatic carbocycles. The number of thioether (sulfide) groups is 1. The van der Waals surface area contributed by atoms with E-state index in [4.69, 9.17) is 17.2 Å². The van der Waals surface area contributed by atoms with Gasteiger partial charge < -0.3 is 4.90 Å². The maximum Gasteiger partial charge on any atom is 0.278 e.